The van der Waals surface area contributed by atoms with E-state index in [0.717, 1.165) is 12.0 Å². The summed E-state index contributed by atoms with van der Waals surface area (Å²) in [5.41, 5.74) is 8.43. The monoisotopic (exact) mass is 275 g/mol. The molecule has 3 atom stereocenters. The van der Waals surface area contributed by atoms with Gasteiger partial charge in [0.15, 0.2) is 0 Å². The van der Waals surface area contributed by atoms with Crippen LogP contribution < -0.4 is 5.73 Å². The first-order valence-corrected chi connectivity index (χ1v) is 6.80. The molecule has 3 unspecified atom stereocenters. The molecule has 0 bridgehead atoms. The van der Waals surface area contributed by atoms with Gasteiger partial charge in [-0.25, -0.2) is 4.39 Å². The molecule has 0 radical (unpaired) electrons. The van der Waals surface area contributed by atoms with Gasteiger partial charge in [-0.15, -0.1) is 0 Å². The van der Waals surface area contributed by atoms with Gasteiger partial charge >= 0.3 is 0 Å². The summed E-state index contributed by atoms with van der Waals surface area (Å²) in [7, 11) is 0. The van der Waals surface area contributed by atoms with Gasteiger partial charge in [-0.3, -0.25) is 0 Å². The third-order valence-corrected chi connectivity index (χ3v) is 4.18. The van der Waals surface area contributed by atoms with E-state index in [1.165, 1.54) is 17.7 Å². The minimum atomic E-state index is -0.323. The van der Waals surface area contributed by atoms with Crippen molar-refractivity contribution in [1.82, 2.24) is 0 Å². The summed E-state index contributed by atoms with van der Waals surface area (Å²) in [6.07, 6.45) is 1.07. The van der Waals surface area contributed by atoms with Crippen molar-refractivity contribution in [2.75, 3.05) is 0 Å². The van der Waals surface area contributed by atoms with E-state index in [0.29, 0.717) is 16.9 Å². The summed E-state index contributed by atoms with van der Waals surface area (Å²) in [6.45, 7) is 0. The first-order valence-electron chi connectivity index (χ1n) is 6.42. The van der Waals surface area contributed by atoms with Crippen LogP contribution in [-0.4, -0.2) is 0 Å². The molecular formula is C16H15ClFN. The van der Waals surface area contributed by atoms with Crippen LogP contribution in [0.25, 0.3) is 0 Å². The van der Waals surface area contributed by atoms with E-state index in [9.17, 15) is 4.39 Å². The second-order valence-electron chi connectivity index (χ2n) is 5.11. The SMILES string of the molecule is NC(c1ccc(F)cc1Cl)C1CC1c1ccccc1. The molecule has 1 fully saturated rings. The van der Waals surface area contributed by atoms with Crippen LogP contribution in [0.3, 0.4) is 0 Å². The number of hydrogen-bond acceptors (Lipinski definition) is 1. The highest BCUT2D eigenvalue weighted by molar-refractivity contribution is 6.31. The van der Waals surface area contributed by atoms with E-state index in [2.05, 4.69) is 12.1 Å². The summed E-state index contributed by atoms with van der Waals surface area (Å²) in [4.78, 5) is 0. The predicted octanol–water partition coefficient (Wildman–Crippen LogP) is 4.28. The minimum Gasteiger partial charge on any atom is -0.324 e. The van der Waals surface area contributed by atoms with E-state index in [1.807, 2.05) is 18.2 Å². The summed E-state index contributed by atoms with van der Waals surface area (Å²) < 4.78 is 13.0. The predicted molar refractivity (Wildman–Crippen MR) is 75.6 cm³/mol. The zero-order valence-electron chi connectivity index (χ0n) is 10.4. The maximum atomic E-state index is 13.0. The molecule has 1 aliphatic rings. The number of hydrogen-bond donors (Lipinski definition) is 1. The maximum absolute atomic E-state index is 13.0. The van der Waals surface area contributed by atoms with Gasteiger partial charge in [0, 0.05) is 11.1 Å². The van der Waals surface area contributed by atoms with Crippen molar-refractivity contribution >= 4 is 11.6 Å². The van der Waals surface area contributed by atoms with Crippen LogP contribution in [0, 0.1) is 11.7 Å². The van der Waals surface area contributed by atoms with E-state index in [1.54, 1.807) is 6.07 Å². The highest BCUT2D eigenvalue weighted by Gasteiger charge is 2.43. The maximum Gasteiger partial charge on any atom is 0.124 e. The molecule has 2 aromatic carbocycles. The normalized spacial score (nSPS) is 23.1. The van der Waals surface area contributed by atoms with Gasteiger partial charge in [-0.05, 0) is 41.5 Å². The Morgan fingerprint density at radius 2 is 1.89 bits per heavy atom. The lowest BCUT2D eigenvalue weighted by Gasteiger charge is -2.14. The molecular weight excluding hydrogens is 261 g/mol. The summed E-state index contributed by atoms with van der Waals surface area (Å²) >= 11 is 6.07. The van der Waals surface area contributed by atoms with Gasteiger partial charge in [0.1, 0.15) is 5.82 Å². The summed E-state index contributed by atoms with van der Waals surface area (Å²) in [5, 5.41) is 0.422. The lowest BCUT2D eigenvalue weighted by atomic mass is 9.99. The second kappa shape index (κ2) is 4.95. The van der Waals surface area contributed by atoms with E-state index >= 15 is 0 Å². The average Bonchev–Trinajstić information content (AvgIpc) is 3.19. The standard InChI is InChI=1S/C16H15ClFN/c17-15-8-11(18)6-7-12(15)16(19)14-9-13(14)10-4-2-1-3-5-10/h1-8,13-14,16H,9,19H2. The van der Waals surface area contributed by atoms with Gasteiger partial charge in [0.2, 0.25) is 0 Å². The molecule has 19 heavy (non-hydrogen) atoms. The molecule has 0 saturated heterocycles. The minimum absolute atomic E-state index is 0.127. The van der Waals surface area contributed by atoms with Crippen molar-refractivity contribution in [3.05, 3.63) is 70.5 Å². The molecule has 0 amide bonds. The van der Waals surface area contributed by atoms with Gasteiger partial charge in [0.25, 0.3) is 0 Å². The van der Waals surface area contributed by atoms with Crippen LogP contribution in [0.15, 0.2) is 48.5 Å². The van der Waals surface area contributed by atoms with E-state index in [-0.39, 0.29) is 11.9 Å². The van der Waals surface area contributed by atoms with Crippen molar-refractivity contribution in [3.8, 4) is 0 Å². The van der Waals surface area contributed by atoms with Crippen LogP contribution in [0.4, 0.5) is 4.39 Å². The largest absolute Gasteiger partial charge is 0.324 e. The topological polar surface area (TPSA) is 26.0 Å². The number of halogens is 2. The third kappa shape index (κ3) is 2.51. The van der Waals surface area contributed by atoms with E-state index in [4.69, 9.17) is 17.3 Å². The fourth-order valence-electron chi connectivity index (χ4n) is 2.70. The van der Waals surface area contributed by atoms with Crippen molar-refractivity contribution in [2.24, 2.45) is 11.7 Å². The highest BCUT2D eigenvalue weighted by Crippen LogP contribution is 2.53. The Labute approximate surface area is 117 Å². The Kier molecular flexibility index (Phi) is 3.29. The van der Waals surface area contributed by atoms with Crippen LogP contribution in [0.5, 0.6) is 0 Å². The molecule has 1 saturated carbocycles. The second-order valence-corrected chi connectivity index (χ2v) is 5.52. The van der Waals surface area contributed by atoms with Crippen LogP contribution >= 0.6 is 11.6 Å². The Balaban J connectivity index is 1.78. The Morgan fingerprint density at radius 3 is 2.58 bits per heavy atom. The van der Waals surface area contributed by atoms with Crippen LogP contribution in [0.2, 0.25) is 5.02 Å². The van der Waals surface area contributed by atoms with E-state index < -0.39 is 0 Å². The quantitative estimate of drug-likeness (QED) is 0.889. The van der Waals surface area contributed by atoms with Gasteiger partial charge in [-0.1, -0.05) is 48.0 Å². The van der Waals surface area contributed by atoms with Gasteiger partial charge in [0.05, 0.1) is 0 Å². The lowest BCUT2D eigenvalue weighted by Crippen LogP contribution is -2.14. The Bertz CT molecular complexity index is 585. The lowest BCUT2D eigenvalue weighted by molar-refractivity contribution is 0.604. The fraction of sp³-hybridized carbons (Fsp3) is 0.250. The molecule has 0 aliphatic heterocycles. The molecule has 1 nitrogen and oxygen atoms in total. The van der Waals surface area contributed by atoms with Crippen molar-refractivity contribution < 1.29 is 4.39 Å². The molecule has 2 N–H and O–H groups in total. The number of rotatable bonds is 3. The van der Waals surface area contributed by atoms with Crippen molar-refractivity contribution in [2.45, 2.75) is 18.4 Å². The Morgan fingerprint density at radius 1 is 1.16 bits per heavy atom. The first-order chi connectivity index (χ1) is 9.16. The first kappa shape index (κ1) is 12.6. The molecule has 1 aliphatic carbocycles. The van der Waals surface area contributed by atoms with Crippen LogP contribution in [-0.2, 0) is 0 Å². The molecule has 0 aromatic heterocycles. The molecule has 3 rings (SSSR count). The summed E-state index contributed by atoms with van der Waals surface area (Å²) in [5.74, 6) is 0.569. The molecule has 98 valence electrons. The molecule has 2 aromatic rings. The zero-order valence-corrected chi connectivity index (χ0v) is 11.1. The van der Waals surface area contributed by atoms with Gasteiger partial charge < -0.3 is 5.73 Å². The molecule has 0 heterocycles. The highest BCUT2D eigenvalue weighted by atomic mass is 35.5. The van der Waals surface area contributed by atoms with Crippen molar-refractivity contribution in [3.63, 3.8) is 0 Å². The zero-order chi connectivity index (χ0) is 13.4. The average molecular weight is 276 g/mol. The Hall–Kier alpha value is -1.38. The number of benzene rings is 2. The van der Waals surface area contributed by atoms with Crippen LogP contribution in [0.1, 0.15) is 29.5 Å². The van der Waals surface area contributed by atoms with Crippen molar-refractivity contribution in [1.29, 1.82) is 0 Å². The molecule has 0 spiro atoms. The number of nitrogens with two attached hydrogens (primary N) is 1. The van der Waals surface area contributed by atoms with Gasteiger partial charge in [-0.2, -0.15) is 0 Å². The fourth-order valence-corrected chi connectivity index (χ4v) is 2.99. The summed E-state index contributed by atoms with van der Waals surface area (Å²) in [6, 6.07) is 14.7. The molecule has 3 heteroatoms. The smallest absolute Gasteiger partial charge is 0.124 e. The third-order valence-electron chi connectivity index (χ3n) is 3.85.